The van der Waals surface area contributed by atoms with Gasteiger partial charge < -0.3 is 43.9 Å². The summed E-state index contributed by atoms with van der Waals surface area (Å²) in [4.78, 5) is 68.6. The van der Waals surface area contributed by atoms with E-state index in [0.29, 0.717) is 38.0 Å². The van der Waals surface area contributed by atoms with Crippen molar-refractivity contribution in [1.29, 1.82) is 0 Å². The van der Waals surface area contributed by atoms with Crippen LogP contribution >= 0.6 is 0 Å². The highest BCUT2D eigenvalue weighted by Crippen LogP contribution is 2.43. The molecule has 6 heterocycles. The van der Waals surface area contributed by atoms with Crippen LogP contribution in [0.5, 0.6) is 5.75 Å². The molecule has 0 aliphatic carbocycles. The third-order valence-corrected chi connectivity index (χ3v) is 15.2. The van der Waals surface area contributed by atoms with Gasteiger partial charge in [-0.3, -0.25) is 29.2 Å². The summed E-state index contributed by atoms with van der Waals surface area (Å²) in [6, 6.07) is 10.9. The number of carbonyl (C=O) groups is 4. The first-order valence-corrected chi connectivity index (χ1v) is 25.5. The molecule has 3 amide bonds. The minimum atomic E-state index is -1.17. The zero-order valence-electron chi connectivity index (χ0n) is 43.1. The van der Waals surface area contributed by atoms with Crippen molar-refractivity contribution in [2.45, 2.75) is 111 Å². The van der Waals surface area contributed by atoms with Crippen LogP contribution in [0.15, 0.2) is 61.3 Å². The second-order valence-corrected chi connectivity index (χ2v) is 20.9. The zero-order valence-corrected chi connectivity index (χ0v) is 43.1. The summed E-state index contributed by atoms with van der Waals surface area (Å²) in [5.74, 6) is -2.24. The van der Waals surface area contributed by atoms with E-state index in [0.717, 1.165) is 82.8 Å². The second-order valence-electron chi connectivity index (χ2n) is 20.9. The number of phenols is 1. The Morgan fingerprint density at radius 2 is 1.83 bits per heavy atom. The van der Waals surface area contributed by atoms with Crippen molar-refractivity contribution >= 4 is 40.3 Å². The number of benzene rings is 2. The predicted molar refractivity (Wildman–Crippen MR) is 274 cm³/mol. The first-order chi connectivity index (χ1) is 33.9. The Bertz CT molecular complexity index is 2640. The number of aromatic hydroxyl groups is 1. The van der Waals surface area contributed by atoms with Crippen LogP contribution in [0.25, 0.3) is 33.3 Å². The molecule has 3 N–H and O–H groups in total. The van der Waals surface area contributed by atoms with Crippen LogP contribution < -0.4 is 15.6 Å². The van der Waals surface area contributed by atoms with Crippen molar-refractivity contribution in [3.63, 3.8) is 0 Å². The number of carbonyl (C=O) groups excluding carboxylic acids is 4. The van der Waals surface area contributed by atoms with Crippen LogP contribution in [0.2, 0.25) is 0 Å². The Morgan fingerprint density at radius 1 is 1.07 bits per heavy atom. The highest BCUT2D eigenvalue weighted by Gasteiger charge is 2.43. The van der Waals surface area contributed by atoms with E-state index < -0.39 is 53.3 Å². The monoisotopic (exact) mass is 975 g/mol. The van der Waals surface area contributed by atoms with Gasteiger partial charge in [0.05, 0.1) is 42.6 Å². The maximum absolute atomic E-state index is 14.8. The summed E-state index contributed by atoms with van der Waals surface area (Å²) in [6.45, 7) is 21.3. The molecule has 3 fully saturated rings. The number of rotatable bonds is 12. The van der Waals surface area contributed by atoms with Gasteiger partial charge >= 0.3 is 5.97 Å². The fraction of sp³-hybridized carbons (Fsp3) is 0.545. The molecule has 4 aliphatic rings. The number of piperazine rings is 1. The lowest BCUT2D eigenvalue weighted by atomic mass is 9.84. The van der Waals surface area contributed by atoms with Crippen molar-refractivity contribution < 1.29 is 38.5 Å². The molecular formula is C55H74N8O8. The van der Waals surface area contributed by atoms with E-state index in [1.807, 2.05) is 26.1 Å². The van der Waals surface area contributed by atoms with Crippen molar-refractivity contribution in [1.82, 2.24) is 35.1 Å². The van der Waals surface area contributed by atoms with E-state index in [9.17, 15) is 24.3 Å². The lowest BCUT2D eigenvalue weighted by Crippen LogP contribution is -2.63. The summed E-state index contributed by atoms with van der Waals surface area (Å²) in [7, 11) is 5.43. The minimum Gasteiger partial charge on any atom is -0.508 e. The Morgan fingerprint density at radius 3 is 2.51 bits per heavy atom. The average molecular weight is 975 g/mol. The number of likely N-dealkylation sites (N-methyl/N-ethyl adjacent to an activating group) is 2. The molecule has 4 aliphatic heterocycles. The van der Waals surface area contributed by atoms with Crippen molar-refractivity contribution in [3.05, 3.63) is 78.1 Å². The van der Waals surface area contributed by atoms with E-state index in [1.54, 1.807) is 39.3 Å². The molecule has 7 atom stereocenters. The Hall–Kier alpha value is -5.81. The van der Waals surface area contributed by atoms with Crippen molar-refractivity contribution in [2.75, 3.05) is 72.0 Å². The number of aromatic nitrogens is 2. The fourth-order valence-corrected chi connectivity index (χ4v) is 10.8. The quantitative estimate of drug-likeness (QED) is 0.108. The number of amides is 3. The first kappa shape index (κ1) is 51.5. The van der Waals surface area contributed by atoms with Gasteiger partial charge in [0.2, 0.25) is 5.91 Å². The molecule has 382 valence electrons. The number of phenolic OH excluding ortho intramolecular Hbond substituents is 1. The van der Waals surface area contributed by atoms with Gasteiger partial charge in [-0.1, -0.05) is 45.9 Å². The number of anilines is 1. The molecule has 0 spiro atoms. The summed E-state index contributed by atoms with van der Waals surface area (Å²) in [6.07, 6.45) is 4.85. The Balaban J connectivity index is 1.25. The van der Waals surface area contributed by atoms with E-state index in [1.165, 1.54) is 9.91 Å². The number of aryl methyl sites for hydroxylation is 1. The SMILES string of the molecule is C=C[C@@H](C)[C@@H](C(=O)N[C@H]1Cc2cc(O)cc(c2)-c2ccc3c(c2)c(c(-c2cc(N4CCN(C)CC4)cnc2[C@H](C)OC)n3CC)CC(C)(C)COC(=O)[C@@H]2CCCN(N2)C1=O)N(C)C(=O)[C@@H]1OC[C@@H]1CC. The highest BCUT2D eigenvalue weighted by molar-refractivity contribution is 5.96. The van der Waals surface area contributed by atoms with Crippen LogP contribution in [0, 0.1) is 17.3 Å². The molecule has 4 aromatic rings. The molecule has 2 aromatic heterocycles. The van der Waals surface area contributed by atoms with Gasteiger partial charge in [-0.05, 0) is 99.2 Å². The van der Waals surface area contributed by atoms with E-state index >= 15 is 0 Å². The standard InChI is InChI=1S/C55H74N8O8/c1-11-33(4)48(60(9)53(67)50-36(12-2)31-70-50)51(65)57-45-25-35-23-38(26-40(64)24-35)37-16-17-46-41(27-37)43(29-55(6,7)32-71-54(68)44-15-14-18-63(58-44)52(45)66)49(62(46)13-3)42-28-39(30-56-47(42)34(5)69-10)61-21-19-59(8)20-22-61/h11,16-17,23-24,26-28,30,33-34,36,44-45,48,50,58,64H,1,12-15,18-22,25,29,31-32H2,2-10H3,(H,57,65)/t33-,34+,36+,44+,45+,48+,50-/m1/s1. The Labute approximate surface area is 418 Å². The van der Waals surface area contributed by atoms with E-state index in [-0.39, 0.29) is 43.3 Å². The van der Waals surface area contributed by atoms with E-state index in [2.05, 4.69) is 83.8 Å². The molecule has 0 unspecified atom stereocenters. The van der Waals surface area contributed by atoms with Gasteiger partial charge in [-0.2, -0.15) is 0 Å². The van der Waals surface area contributed by atoms with Gasteiger partial charge in [-0.15, -0.1) is 6.58 Å². The number of hydrogen-bond donors (Lipinski definition) is 3. The number of esters is 1. The third kappa shape index (κ3) is 10.7. The predicted octanol–water partition coefficient (Wildman–Crippen LogP) is 6.28. The number of methoxy groups -OCH3 is 1. The van der Waals surface area contributed by atoms with Crippen molar-refractivity contribution in [2.24, 2.45) is 17.3 Å². The molecule has 16 nitrogen and oxygen atoms in total. The molecule has 3 saturated heterocycles. The highest BCUT2D eigenvalue weighted by atomic mass is 16.5. The number of nitrogens with zero attached hydrogens (tertiary/aromatic N) is 6. The molecule has 6 bridgehead atoms. The lowest BCUT2D eigenvalue weighted by Gasteiger charge is -2.40. The second kappa shape index (κ2) is 21.5. The number of pyridine rings is 1. The van der Waals surface area contributed by atoms with E-state index in [4.69, 9.17) is 19.2 Å². The first-order valence-electron chi connectivity index (χ1n) is 25.5. The molecule has 0 saturated carbocycles. The smallest absolute Gasteiger partial charge is 0.324 e. The number of nitrogens with one attached hydrogen (secondary N) is 2. The summed E-state index contributed by atoms with van der Waals surface area (Å²) in [5.41, 5.74) is 10.7. The maximum atomic E-state index is 14.8. The average Bonchev–Trinajstić information content (AvgIpc) is 3.65. The molecule has 8 rings (SSSR count). The Kier molecular flexibility index (Phi) is 15.6. The number of hydrazine groups is 1. The van der Waals surface area contributed by atoms with Crippen LogP contribution in [0.4, 0.5) is 5.69 Å². The van der Waals surface area contributed by atoms with Crippen LogP contribution in [-0.4, -0.2) is 145 Å². The zero-order chi connectivity index (χ0) is 50.9. The number of ether oxygens (including phenoxy) is 3. The summed E-state index contributed by atoms with van der Waals surface area (Å²) >= 11 is 0. The minimum absolute atomic E-state index is 0.00365. The van der Waals surface area contributed by atoms with Gasteiger partial charge in [0, 0.05) is 93.6 Å². The van der Waals surface area contributed by atoms with Gasteiger partial charge in [-0.25, -0.2) is 5.43 Å². The number of fused-ring (bicyclic) bond motifs is 6. The lowest BCUT2D eigenvalue weighted by molar-refractivity contribution is -0.173. The fourth-order valence-electron chi connectivity index (χ4n) is 10.8. The summed E-state index contributed by atoms with van der Waals surface area (Å²) in [5, 5.41) is 16.9. The largest absolute Gasteiger partial charge is 0.508 e. The third-order valence-electron chi connectivity index (χ3n) is 15.2. The molecule has 2 aromatic carbocycles. The van der Waals surface area contributed by atoms with Gasteiger partial charge in [0.1, 0.15) is 30.0 Å². The van der Waals surface area contributed by atoms with Crippen LogP contribution in [-0.2, 0) is 52.8 Å². The number of hydrogen-bond acceptors (Lipinski definition) is 12. The van der Waals surface area contributed by atoms with Crippen LogP contribution in [0.1, 0.15) is 83.7 Å². The van der Waals surface area contributed by atoms with Gasteiger partial charge in [0.15, 0.2) is 0 Å². The molecule has 0 radical (unpaired) electrons. The van der Waals surface area contributed by atoms with Crippen molar-refractivity contribution in [3.8, 4) is 28.1 Å². The van der Waals surface area contributed by atoms with Gasteiger partial charge in [0.25, 0.3) is 11.8 Å². The normalized spacial score (nSPS) is 23.2. The number of cyclic esters (lactones) is 1. The molecular weight excluding hydrogens is 901 g/mol. The summed E-state index contributed by atoms with van der Waals surface area (Å²) < 4.78 is 20.2. The van der Waals surface area contributed by atoms with Crippen LogP contribution in [0.3, 0.4) is 0 Å². The topological polar surface area (TPSA) is 171 Å². The maximum Gasteiger partial charge on any atom is 0.324 e. The molecule has 71 heavy (non-hydrogen) atoms. The molecule has 16 heteroatoms.